The van der Waals surface area contributed by atoms with Gasteiger partial charge in [-0.1, -0.05) is 20.8 Å². The first-order chi connectivity index (χ1) is 6.86. The van der Waals surface area contributed by atoms with Crippen LogP contribution < -0.4 is 5.48 Å². The quantitative estimate of drug-likeness (QED) is 0.573. The normalized spacial score (nSPS) is 11.5. The van der Waals surface area contributed by atoms with E-state index >= 15 is 0 Å². The van der Waals surface area contributed by atoms with E-state index in [9.17, 15) is 5.11 Å². The summed E-state index contributed by atoms with van der Waals surface area (Å²) in [4.78, 5) is 3.80. The van der Waals surface area contributed by atoms with Gasteiger partial charge in [0, 0.05) is 16.1 Å². The van der Waals surface area contributed by atoms with Crippen LogP contribution in [0.4, 0.5) is 5.69 Å². The summed E-state index contributed by atoms with van der Waals surface area (Å²) in [6, 6.07) is 3.28. The fourth-order valence-corrected chi connectivity index (χ4v) is 1.71. The van der Waals surface area contributed by atoms with Gasteiger partial charge in [0.15, 0.2) is 0 Å². The molecular weight excluding hydrogens is 262 g/mol. The van der Waals surface area contributed by atoms with Crippen LogP contribution >= 0.6 is 15.9 Å². The number of phenols is 1. The first-order valence-electron chi connectivity index (χ1n) is 4.45. The standard InChI is InChI=1S/C10H14BrNO3/c1-10(2,3)6-4-7(11)8(12-15-14)5-9(6)13/h4-5,12-14H,1-3H3. The molecule has 4 nitrogen and oxygen atoms in total. The van der Waals surface area contributed by atoms with Gasteiger partial charge >= 0.3 is 0 Å². The molecule has 1 aromatic carbocycles. The van der Waals surface area contributed by atoms with Gasteiger partial charge in [0.05, 0.1) is 5.69 Å². The third-order valence-corrected chi connectivity index (χ3v) is 2.71. The molecule has 0 spiro atoms. The monoisotopic (exact) mass is 275 g/mol. The van der Waals surface area contributed by atoms with Crippen molar-refractivity contribution >= 4 is 21.6 Å². The summed E-state index contributed by atoms with van der Waals surface area (Å²) in [5, 5.41) is 18.0. The van der Waals surface area contributed by atoms with Crippen LogP contribution in [0.25, 0.3) is 0 Å². The van der Waals surface area contributed by atoms with Gasteiger partial charge in [0.1, 0.15) is 5.75 Å². The predicted molar refractivity (Wildman–Crippen MR) is 61.8 cm³/mol. The maximum Gasteiger partial charge on any atom is 0.121 e. The Kier molecular flexibility index (Phi) is 3.59. The van der Waals surface area contributed by atoms with E-state index in [0.717, 1.165) is 5.56 Å². The molecule has 0 saturated carbocycles. The maximum atomic E-state index is 9.78. The molecule has 1 rings (SSSR count). The van der Waals surface area contributed by atoms with Crippen LogP contribution in [0.15, 0.2) is 16.6 Å². The molecule has 0 radical (unpaired) electrons. The van der Waals surface area contributed by atoms with E-state index in [0.29, 0.717) is 10.2 Å². The lowest BCUT2D eigenvalue weighted by Gasteiger charge is -2.21. The van der Waals surface area contributed by atoms with Gasteiger partial charge in [-0.2, -0.15) is 0 Å². The molecule has 3 N–H and O–H groups in total. The summed E-state index contributed by atoms with van der Waals surface area (Å²) >= 11 is 3.31. The molecule has 0 unspecified atom stereocenters. The van der Waals surface area contributed by atoms with Crippen molar-refractivity contribution in [3.63, 3.8) is 0 Å². The average Bonchev–Trinajstić information content (AvgIpc) is 2.09. The Morgan fingerprint density at radius 2 is 1.93 bits per heavy atom. The van der Waals surface area contributed by atoms with E-state index in [2.05, 4.69) is 26.4 Å². The van der Waals surface area contributed by atoms with Crippen LogP contribution in [0.2, 0.25) is 0 Å². The van der Waals surface area contributed by atoms with Crippen LogP contribution in [0, 0.1) is 0 Å². The molecule has 1 aromatic rings. The van der Waals surface area contributed by atoms with Crippen molar-refractivity contribution in [3.8, 4) is 5.75 Å². The smallest absolute Gasteiger partial charge is 0.121 e. The van der Waals surface area contributed by atoms with Crippen LogP contribution in [0.5, 0.6) is 5.75 Å². The number of hydrogen-bond acceptors (Lipinski definition) is 4. The number of aromatic hydroxyl groups is 1. The topological polar surface area (TPSA) is 61.7 Å². The zero-order chi connectivity index (χ0) is 11.6. The second-order valence-corrected chi connectivity index (χ2v) is 5.15. The molecule has 0 heterocycles. The Labute approximate surface area is 96.9 Å². The summed E-state index contributed by atoms with van der Waals surface area (Å²) < 4.78 is 0.708. The Balaban J connectivity index is 3.20. The molecule has 15 heavy (non-hydrogen) atoms. The van der Waals surface area contributed by atoms with Crippen molar-refractivity contribution in [2.75, 3.05) is 5.48 Å². The number of halogens is 1. The molecule has 84 valence electrons. The van der Waals surface area contributed by atoms with E-state index in [1.165, 1.54) is 6.07 Å². The zero-order valence-corrected chi connectivity index (χ0v) is 10.4. The lowest BCUT2D eigenvalue weighted by molar-refractivity contribution is -0.215. The number of rotatable bonds is 2. The Morgan fingerprint density at radius 1 is 1.33 bits per heavy atom. The highest BCUT2D eigenvalue weighted by molar-refractivity contribution is 9.10. The maximum absolute atomic E-state index is 9.78. The second-order valence-electron chi connectivity index (χ2n) is 4.29. The highest BCUT2D eigenvalue weighted by atomic mass is 79.9. The molecule has 0 aliphatic heterocycles. The molecular formula is C10H14BrNO3. The fraction of sp³-hybridized carbons (Fsp3) is 0.400. The van der Waals surface area contributed by atoms with Gasteiger partial charge in [-0.25, -0.2) is 10.7 Å². The van der Waals surface area contributed by atoms with E-state index in [1.54, 1.807) is 6.07 Å². The molecule has 0 fully saturated rings. The third-order valence-electron chi connectivity index (χ3n) is 2.05. The van der Waals surface area contributed by atoms with Crippen molar-refractivity contribution in [2.45, 2.75) is 26.2 Å². The minimum Gasteiger partial charge on any atom is -0.508 e. The summed E-state index contributed by atoms with van der Waals surface area (Å²) in [7, 11) is 0. The molecule has 0 saturated heterocycles. The van der Waals surface area contributed by atoms with Crippen LogP contribution in [0.3, 0.4) is 0 Å². The van der Waals surface area contributed by atoms with Crippen molar-refractivity contribution in [3.05, 3.63) is 22.2 Å². The summed E-state index contributed by atoms with van der Waals surface area (Å²) in [5.74, 6) is 0.158. The highest BCUT2D eigenvalue weighted by Crippen LogP contribution is 2.37. The van der Waals surface area contributed by atoms with Gasteiger partial charge < -0.3 is 5.11 Å². The Bertz CT molecular complexity index is 360. The summed E-state index contributed by atoms with van der Waals surface area (Å²) in [6.45, 7) is 6.01. The highest BCUT2D eigenvalue weighted by Gasteiger charge is 2.19. The lowest BCUT2D eigenvalue weighted by Crippen LogP contribution is -2.11. The van der Waals surface area contributed by atoms with Crippen LogP contribution in [-0.4, -0.2) is 10.4 Å². The average molecular weight is 276 g/mol. The van der Waals surface area contributed by atoms with Crippen molar-refractivity contribution < 1.29 is 15.4 Å². The fourth-order valence-electron chi connectivity index (χ4n) is 1.29. The molecule has 0 aliphatic rings. The molecule has 0 aliphatic carbocycles. The molecule has 5 heteroatoms. The van der Waals surface area contributed by atoms with E-state index in [1.807, 2.05) is 20.8 Å². The van der Waals surface area contributed by atoms with E-state index < -0.39 is 0 Å². The van der Waals surface area contributed by atoms with Crippen molar-refractivity contribution in [1.82, 2.24) is 0 Å². The van der Waals surface area contributed by atoms with Crippen molar-refractivity contribution in [1.29, 1.82) is 0 Å². The lowest BCUT2D eigenvalue weighted by atomic mass is 9.86. The Morgan fingerprint density at radius 3 is 2.40 bits per heavy atom. The van der Waals surface area contributed by atoms with E-state index in [-0.39, 0.29) is 11.2 Å². The largest absolute Gasteiger partial charge is 0.508 e. The van der Waals surface area contributed by atoms with Gasteiger partial charge in [-0.05, 0) is 27.4 Å². The first kappa shape index (κ1) is 12.3. The second kappa shape index (κ2) is 4.38. The minimum atomic E-state index is -0.148. The summed E-state index contributed by atoms with van der Waals surface area (Å²) in [6.07, 6.45) is 0. The number of phenolic OH excluding ortho intramolecular Hbond substituents is 1. The van der Waals surface area contributed by atoms with Gasteiger partial charge in [0.2, 0.25) is 0 Å². The molecule has 0 aromatic heterocycles. The molecule has 0 atom stereocenters. The number of anilines is 1. The molecule has 0 bridgehead atoms. The third kappa shape index (κ3) is 2.84. The van der Waals surface area contributed by atoms with Gasteiger partial charge in [-0.15, -0.1) is 4.99 Å². The zero-order valence-electron chi connectivity index (χ0n) is 8.84. The van der Waals surface area contributed by atoms with Crippen LogP contribution in [-0.2, 0) is 10.4 Å². The SMILES string of the molecule is CC(C)(C)c1cc(Br)c(NOO)cc1O. The van der Waals surface area contributed by atoms with Gasteiger partial charge in [-0.3, -0.25) is 0 Å². The summed E-state index contributed by atoms with van der Waals surface area (Å²) in [5.41, 5.74) is 3.37. The van der Waals surface area contributed by atoms with Crippen LogP contribution in [0.1, 0.15) is 26.3 Å². The number of benzene rings is 1. The minimum absolute atomic E-state index is 0.148. The predicted octanol–water partition coefficient (Wildman–Crippen LogP) is 3.27. The van der Waals surface area contributed by atoms with Crippen molar-refractivity contribution in [2.24, 2.45) is 0 Å². The van der Waals surface area contributed by atoms with E-state index in [4.69, 9.17) is 5.26 Å². The number of nitrogens with one attached hydrogen (secondary N) is 1. The van der Waals surface area contributed by atoms with Gasteiger partial charge in [0.25, 0.3) is 0 Å². The number of hydrogen-bond donors (Lipinski definition) is 3. The first-order valence-corrected chi connectivity index (χ1v) is 5.25. The molecule has 0 amide bonds. The Hall–Kier alpha value is -0.780.